The van der Waals surface area contributed by atoms with Crippen molar-refractivity contribution in [2.24, 2.45) is 0 Å². The van der Waals surface area contributed by atoms with Crippen molar-refractivity contribution in [1.82, 2.24) is 14.9 Å². The summed E-state index contributed by atoms with van der Waals surface area (Å²) in [5, 5.41) is 3.55. The van der Waals surface area contributed by atoms with Gasteiger partial charge in [0.25, 0.3) is 5.91 Å². The molecule has 0 aliphatic carbocycles. The summed E-state index contributed by atoms with van der Waals surface area (Å²) in [6, 6.07) is 23.3. The fourth-order valence-corrected chi connectivity index (χ4v) is 4.20. The van der Waals surface area contributed by atoms with Crippen LogP contribution in [0.1, 0.15) is 30.7 Å². The van der Waals surface area contributed by atoms with Gasteiger partial charge >= 0.3 is 0 Å². The van der Waals surface area contributed by atoms with Crippen LogP contribution in [0.4, 0.5) is 0 Å². The third-order valence-corrected chi connectivity index (χ3v) is 6.23. The lowest BCUT2D eigenvalue weighted by Gasteiger charge is -2.12. The van der Waals surface area contributed by atoms with Crippen LogP contribution in [0.15, 0.2) is 72.8 Å². The number of amides is 1. The van der Waals surface area contributed by atoms with E-state index in [1.54, 1.807) is 24.3 Å². The van der Waals surface area contributed by atoms with Gasteiger partial charge in [0, 0.05) is 18.0 Å². The van der Waals surface area contributed by atoms with Crippen LogP contribution in [0.2, 0.25) is 5.02 Å². The molecule has 0 aliphatic heterocycles. The molecular formula is C29H32ClN3O3. The maximum Gasteiger partial charge on any atom is 0.257 e. The van der Waals surface area contributed by atoms with Gasteiger partial charge in [-0.1, -0.05) is 48.4 Å². The minimum Gasteiger partial charge on any atom is -0.491 e. The van der Waals surface area contributed by atoms with Gasteiger partial charge in [0.2, 0.25) is 0 Å². The Morgan fingerprint density at radius 1 is 0.944 bits per heavy atom. The number of ether oxygens (including phenoxy) is 2. The number of carbonyl (C=O) groups is 1. The summed E-state index contributed by atoms with van der Waals surface area (Å²) in [6.07, 6.45) is 3.79. The highest BCUT2D eigenvalue weighted by Crippen LogP contribution is 2.20. The Balaban J connectivity index is 1.20. The summed E-state index contributed by atoms with van der Waals surface area (Å²) in [4.78, 5) is 16.9. The van der Waals surface area contributed by atoms with Crippen molar-refractivity contribution in [1.29, 1.82) is 0 Å². The van der Waals surface area contributed by atoms with Crippen LogP contribution in [0.25, 0.3) is 11.0 Å². The summed E-state index contributed by atoms with van der Waals surface area (Å²) in [5.74, 6) is 2.50. The van der Waals surface area contributed by atoms with Crippen molar-refractivity contribution >= 4 is 28.5 Å². The Bertz CT molecular complexity index is 1270. The maximum absolute atomic E-state index is 12.0. The fraction of sp³-hybridized carbons (Fsp3) is 0.310. The largest absolute Gasteiger partial charge is 0.491 e. The van der Waals surface area contributed by atoms with Gasteiger partial charge in [0.15, 0.2) is 6.61 Å². The Morgan fingerprint density at radius 3 is 2.56 bits per heavy atom. The fourth-order valence-electron chi connectivity index (χ4n) is 4.07. The monoisotopic (exact) mass is 505 g/mol. The molecule has 0 spiro atoms. The maximum atomic E-state index is 12.0. The van der Waals surface area contributed by atoms with Crippen molar-refractivity contribution in [2.75, 3.05) is 19.8 Å². The Morgan fingerprint density at radius 2 is 1.72 bits per heavy atom. The molecule has 1 aromatic heterocycles. The summed E-state index contributed by atoms with van der Waals surface area (Å²) >= 11 is 5.86. The third-order valence-electron chi connectivity index (χ3n) is 5.98. The van der Waals surface area contributed by atoms with E-state index in [-0.39, 0.29) is 12.5 Å². The number of aromatic nitrogens is 2. The highest BCUT2D eigenvalue weighted by Gasteiger charge is 2.11. The molecular weight excluding hydrogens is 474 g/mol. The molecule has 3 aromatic carbocycles. The lowest BCUT2D eigenvalue weighted by atomic mass is 10.2. The minimum atomic E-state index is -0.125. The molecule has 188 valence electrons. The number of hydrogen-bond acceptors (Lipinski definition) is 4. The van der Waals surface area contributed by atoms with Crippen molar-refractivity contribution in [3.63, 3.8) is 0 Å². The molecule has 0 bridgehead atoms. The molecule has 1 N–H and O–H groups in total. The Kier molecular flexibility index (Phi) is 9.22. The van der Waals surface area contributed by atoms with E-state index in [2.05, 4.69) is 35.0 Å². The van der Waals surface area contributed by atoms with Gasteiger partial charge in [-0.3, -0.25) is 4.79 Å². The molecule has 0 atom stereocenters. The lowest BCUT2D eigenvalue weighted by molar-refractivity contribution is -0.123. The standard InChI is InChI=1S/C29H32ClN3O3/c1-22-9-4-7-12-27(22)35-20-19-33-26-11-6-5-10-25(26)32-28(33)13-3-2-8-18-31-29(34)21-36-24-16-14-23(30)15-17-24/h4-7,9-12,14-17H,2-3,8,13,18-21H2,1H3,(H,31,34). The van der Waals surface area contributed by atoms with E-state index in [4.69, 9.17) is 26.1 Å². The summed E-state index contributed by atoms with van der Waals surface area (Å²) in [6.45, 7) is 4.01. The number of carbonyl (C=O) groups excluding carboxylic acids is 1. The summed E-state index contributed by atoms with van der Waals surface area (Å²) in [7, 11) is 0. The van der Waals surface area contributed by atoms with Crippen LogP contribution in [0, 0.1) is 6.92 Å². The second-order valence-corrected chi connectivity index (χ2v) is 9.12. The minimum absolute atomic E-state index is 0.00374. The average molecular weight is 506 g/mol. The molecule has 0 saturated carbocycles. The predicted octanol–water partition coefficient (Wildman–Crippen LogP) is 5.99. The second kappa shape index (κ2) is 13.0. The van der Waals surface area contributed by atoms with E-state index in [9.17, 15) is 4.79 Å². The van der Waals surface area contributed by atoms with Crippen LogP contribution in [-0.4, -0.2) is 35.2 Å². The second-order valence-electron chi connectivity index (χ2n) is 8.69. The molecule has 4 aromatic rings. The molecule has 7 heteroatoms. The molecule has 4 rings (SSSR count). The first-order valence-electron chi connectivity index (χ1n) is 12.4. The number of benzene rings is 3. The topological polar surface area (TPSA) is 65.4 Å². The predicted molar refractivity (Wildman–Crippen MR) is 144 cm³/mol. The van der Waals surface area contributed by atoms with Gasteiger partial charge in [0.1, 0.15) is 23.9 Å². The third kappa shape index (κ3) is 7.25. The number of imidazole rings is 1. The molecule has 0 unspecified atom stereocenters. The van der Waals surface area contributed by atoms with Crippen LogP contribution in [-0.2, 0) is 17.8 Å². The smallest absolute Gasteiger partial charge is 0.257 e. The zero-order valence-electron chi connectivity index (χ0n) is 20.6. The first-order valence-corrected chi connectivity index (χ1v) is 12.8. The van der Waals surface area contributed by atoms with E-state index in [1.165, 1.54) is 0 Å². The highest BCUT2D eigenvalue weighted by atomic mass is 35.5. The Hall–Kier alpha value is -3.51. The molecule has 1 amide bonds. The van der Waals surface area contributed by atoms with Gasteiger partial charge in [-0.25, -0.2) is 4.98 Å². The number of nitrogens with zero attached hydrogens (tertiary/aromatic N) is 2. The number of unbranched alkanes of at least 4 members (excludes halogenated alkanes) is 2. The quantitative estimate of drug-likeness (QED) is 0.227. The van der Waals surface area contributed by atoms with Crippen LogP contribution in [0.3, 0.4) is 0 Å². The molecule has 0 saturated heterocycles. The van der Waals surface area contributed by atoms with E-state index < -0.39 is 0 Å². The molecule has 6 nitrogen and oxygen atoms in total. The van der Waals surface area contributed by atoms with Gasteiger partial charge < -0.3 is 19.4 Å². The number of hydrogen-bond donors (Lipinski definition) is 1. The number of fused-ring (bicyclic) bond motifs is 1. The van der Waals surface area contributed by atoms with Crippen molar-refractivity contribution in [3.05, 3.63) is 89.2 Å². The van der Waals surface area contributed by atoms with Crippen LogP contribution in [0.5, 0.6) is 11.5 Å². The lowest BCUT2D eigenvalue weighted by Crippen LogP contribution is -2.29. The van der Waals surface area contributed by atoms with E-state index >= 15 is 0 Å². The number of aryl methyl sites for hydroxylation is 2. The summed E-state index contributed by atoms with van der Waals surface area (Å²) < 4.78 is 13.8. The van der Waals surface area contributed by atoms with E-state index in [0.717, 1.165) is 60.4 Å². The molecule has 36 heavy (non-hydrogen) atoms. The van der Waals surface area contributed by atoms with Gasteiger partial charge in [0.05, 0.1) is 17.6 Å². The normalized spacial score (nSPS) is 10.9. The van der Waals surface area contributed by atoms with Gasteiger partial charge in [-0.15, -0.1) is 0 Å². The zero-order valence-corrected chi connectivity index (χ0v) is 21.3. The number of rotatable bonds is 13. The molecule has 0 fully saturated rings. The molecule has 1 heterocycles. The SMILES string of the molecule is Cc1ccccc1OCCn1c(CCCCCNC(=O)COc2ccc(Cl)cc2)nc2ccccc21. The van der Waals surface area contributed by atoms with Crippen molar-refractivity contribution in [3.8, 4) is 11.5 Å². The first kappa shape index (κ1) is 25.6. The number of halogens is 1. The first-order chi connectivity index (χ1) is 17.6. The van der Waals surface area contributed by atoms with Crippen molar-refractivity contribution in [2.45, 2.75) is 39.2 Å². The zero-order chi connectivity index (χ0) is 25.2. The molecule has 0 radical (unpaired) electrons. The summed E-state index contributed by atoms with van der Waals surface area (Å²) in [5.41, 5.74) is 3.28. The number of nitrogens with one attached hydrogen (secondary N) is 1. The average Bonchev–Trinajstić information content (AvgIpc) is 3.24. The van der Waals surface area contributed by atoms with E-state index in [1.807, 2.05) is 30.3 Å². The highest BCUT2D eigenvalue weighted by molar-refractivity contribution is 6.30. The number of para-hydroxylation sites is 3. The van der Waals surface area contributed by atoms with E-state index in [0.29, 0.717) is 23.9 Å². The van der Waals surface area contributed by atoms with Crippen LogP contribution < -0.4 is 14.8 Å². The van der Waals surface area contributed by atoms with Crippen molar-refractivity contribution < 1.29 is 14.3 Å². The van der Waals surface area contributed by atoms with Gasteiger partial charge in [-0.2, -0.15) is 0 Å². The molecule has 0 aliphatic rings. The van der Waals surface area contributed by atoms with Crippen LogP contribution >= 0.6 is 11.6 Å². The van der Waals surface area contributed by atoms with Gasteiger partial charge in [-0.05, 0) is 67.8 Å². The Labute approximate surface area is 217 Å².